The highest BCUT2D eigenvalue weighted by Gasteiger charge is 2.35. The quantitative estimate of drug-likeness (QED) is 0.166. The zero-order valence-electron chi connectivity index (χ0n) is 24.7. The molecule has 2 aromatic heterocycles. The largest absolute Gasteiger partial charge is 0.494 e. The first-order chi connectivity index (χ1) is 21.3. The van der Waals surface area contributed by atoms with Crippen molar-refractivity contribution in [1.82, 2.24) is 15.3 Å². The lowest BCUT2D eigenvalue weighted by atomic mass is 9.81. The molecule has 7 nitrogen and oxygen atoms in total. The van der Waals surface area contributed by atoms with Gasteiger partial charge in [-0.3, -0.25) is 9.59 Å². The standard InChI is InChI=1S/C33H28ClF3N4O3S/c1-16-40-30-26(44-4)10-18(11-27(30)45-16)31(42)39-15-20(17-8-6-5-7-9-17)25-13-21(33(2,3)32(38)43)28(37)29(41-25)19-12-22(34)24(36)14-23(19)35/h5-14,20H,15H2,1-4H3,(H2,38,43)(H,39,42). The van der Waals surface area contributed by atoms with Gasteiger partial charge in [0, 0.05) is 35.2 Å². The molecule has 0 saturated carbocycles. The Morgan fingerprint density at radius 1 is 1.04 bits per heavy atom. The van der Waals surface area contributed by atoms with Crippen LogP contribution in [0.1, 0.15) is 52.0 Å². The van der Waals surface area contributed by atoms with E-state index in [9.17, 15) is 14.0 Å². The average molecular weight is 653 g/mol. The molecular formula is C33H28ClF3N4O3S. The van der Waals surface area contributed by atoms with Gasteiger partial charge in [-0.15, -0.1) is 11.3 Å². The Labute approximate surface area is 266 Å². The van der Waals surface area contributed by atoms with Crippen LogP contribution in [0.4, 0.5) is 13.2 Å². The van der Waals surface area contributed by atoms with E-state index in [0.717, 1.165) is 15.8 Å². The van der Waals surface area contributed by atoms with Gasteiger partial charge in [-0.25, -0.2) is 23.1 Å². The maximum atomic E-state index is 16.1. The Morgan fingerprint density at radius 3 is 2.42 bits per heavy atom. The third-order valence-electron chi connectivity index (χ3n) is 7.61. The summed E-state index contributed by atoms with van der Waals surface area (Å²) < 4.78 is 51.5. The van der Waals surface area contributed by atoms with Crippen LogP contribution >= 0.6 is 22.9 Å². The van der Waals surface area contributed by atoms with E-state index in [2.05, 4.69) is 15.3 Å². The number of nitrogens with two attached hydrogens (primary N) is 1. The van der Waals surface area contributed by atoms with E-state index in [-0.39, 0.29) is 17.8 Å². The lowest BCUT2D eigenvalue weighted by Gasteiger charge is -2.26. The van der Waals surface area contributed by atoms with Crippen molar-refractivity contribution in [3.8, 4) is 17.0 Å². The van der Waals surface area contributed by atoms with Gasteiger partial charge in [-0.1, -0.05) is 41.9 Å². The van der Waals surface area contributed by atoms with E-state index in [1.165, 1.54) is 38.4 Å². The molecule has 0 saturated heterocycles. The fourth-order valence-electron chi connectivity index (χ4n) is 4.97. The van der Waals surface area contributed by atoms with Crippen LogP contribution in [0, 0.1) is 24.4 Å². The van der Waals surface area contributed by atoms with Crippen LogP contribution in [-0.4, -0.2) is 35.4 Å². The maximum Gasteiger partial charge on any atom is 0.251 e. The molecule has 3 N–H and O–H groups in total. The van der Waals surface area contributed by atoms with Crippen molar-refractivity contribution in [3.63, 3.8) is 0 Å². The number of hydrogen-bond acceptors (Lipinski definition) is 6. The van der Waals surface area contributed by atoms with Crippen molar-refractivity contribution in [2.24, 2.45) is 5.73 Å². The number of methoxy groups -OCH3 is 1. The number of primary amides is 1. The van der Waals surface area contributed by atoms with Crippen LogP contribution in [0.3, 0.4) is 0 Å². The number of halogens is 4. The summed E-state index contributed by atoms with van der Waals surface area (Å²) in [6.07, 6.45) is 0. The van der Waals surface area contributed by atoms with Crippen LogP contribution in [0.25, 0.3) is 21.5 Å². The Morgan fingerprint density at radius 2 is 1.76 bits per heavy atom. The minimum Gasteiger partial charge on any atom is -0.494 e. The van der Waals surface area contributed by atoms with Crippen molar-refractivity contribution < 1.29 is 27.5 Å². The molecule has 0 aliphatic heterocycles. The van der Waals surface area contributed by atoms with Gasteiger partial charge in [0.25, 0.3) is 5.91 Å². The molecule has 12 heteroatoms. The number of aryl methyl sites for hydroxylation is 1. The molecule has 0 fully saturated rings. The topological polar surface area (TPSA) is 107 Å². The molecule has 0 aliphatic carbocycles. The molecule has 0 radical (unpaired) electrons. The molecule has 0 spiro atoms. The molecular weight excluding hydrogens is 625 g/mol. The first-order valence-corrected chi connectivity index (χ1v) is 14.9. The summed E-state index contributed by atoms with van der Waals surface area (Å²) in [5.41, 5.74) is 4.93. The predicted octanol–water partition coefficient (Wildman–Crippen LogP) is 7.07. The van der Waals surface area contributed by atoms with Crippen LogP contribution < -0.4 is 15.8 Å². The Hall–Kier alpha value is -4.48. The number of aromatic nitrogens is 2. The van der Waals surface area contributed by atoms with Gasteiger partial charge in [0.15, 0.2) is 5.82 Å². The summed E-state index contributed by atoms with van der Waals surface area (Å²) in [6, 6.07) is 15.1. The van der Waals surface area contributed by atoms with E-state index < -0.39 is 56.9 Å². The van der Waals surface area contributed by atoms with E-state index in [0.29, 0.717) is 28.5 Å². The van der Waals surface area contributed by atoms with E-state index in [1.54, 1.807) is 42.5 Å². The fraction of sp³-hybridized carbons (Fsp3) is 0.212. The summed E-state index contributed by atoms with van der Waals surface area (Å²) >= 11 is 7.37. The predicted molar refractivity (Wildman–Crippen MR) is 168 cm³/mol. The highest BCUT2D eigenvalue weighted by Crippen LogP contribution is 2.37. The number of benzene rings is 3. The van der Waals surface area contributed by atoms with Crippen LogP contribution in [-0.2, 0) is 10.2 Å². The van der Waals surface area contributed by atoms with Crippen LogP contribution in [0.15, 0.2) is 60.7 Å². The summed E-state index contributed by atoms with van der Waals surface area (Å²) in [4.78, 5) is 34.9. The number of pyridine rings is 1. The molecule has 2 amide bonds. The molecule has 5 rings (SSSR count). The number of carbonyl (C=O) groups excluding carboxylic acids is 2. The monoisotopic (exact) mass is 652 g/mol. The van der Waals surface area contributed by atoms with Gasteiger partial charge in [0.05, 0.1) is 32.9 Å². The number of fused-ring (bicyclic) bond motifs is 1. The molecule has 5 aromatic rings. The Kier molecular flexibility index (Phi) is 8.86. The normalized spacial score (nSPS) is 12.3. The molecule has 0 bridgehead atoms. The SMILES string of the molecule is COc1cc(C(=O)NCC(c2ccccc2)c2cc(C(C)(C)C(N)=O)c(F)c(-c3cc(Cl)c(F)cc3F)n2)cc2sc(C)nc12. The molecule has 2 heterocycles. The molecule has 3 aromatic carbocycles. The van der Waals surface area contributed by atoms with Crippen LogP contribution in [0.2, 0.25) is 5.02 Å². The van der Waals surface area contributed by atoms with Crippen molar-refractivity contribution >= 4 is 45.0 Å². The van der Waals surface area contributed by atoms with Crippen molar-refractivity contribution in [2.45, 2.75) is 32.1 Å². The van der Waals surface area contributed by atoms with E-state index in [1.807, 2.05) is 6.92 Å². The molecule has 1 atom stereocenters. The second-order valence-electron chi connectivity index (χ2n) is 10.9. The van der Waals surface area contributed by atoms with Gasteiger partial charge in [-0.05, 0) is 50.6 Å². The molecule has 0 aliphatic rings. The minimum absolute atomic E-state index is 0.0217. The van der Waals surface area contributed by atoms with Gasteiger partial charge in [0.1, 0.15) is 28.6 Å². The number of rotatable bonds is 9. The Bertz CT molecular complexity index is 1950. The zero-order chi connectivity index (χ0) is 32.6. The number of carbonyl (C=O) groups is 2. The van der Waals surface area contributed by atoms with Crippen LogP contribution in [0.5, 0.6) is 5.75 Å². The highest BCUT2D eigenvalue weighted by molar-refractivity contribution is 7.18. The number of nitrogens with zero attached hydrogens (tertiary/aromatic N) is 2. The van der Waals surface area contributed by atoms with Gasteiger partial charge >= 0.3 is 0 Å². The fourth-order valence-corrected chi connectivity index (χ4v) is 6.02. The number of hydrogen-bond donors (Lipinski definition) is 2. The number of thiazole rings is 1. The Balaban J connectivity index is 1.63. The number of amides is 2. The smallest absolute Gasteiger partial charge is 0.251 e. The molecule has 45 heavy (non-hydrogen) atoms. The van der Waals surface area contributed by atoms with E-state index in [4.69, 9.17) is 22.1 Å². The average Bonchev–Trinajstić information content (AvgIpc) is 3.39. The summed E-state index contributed by atoms with van der Waals surface area (Å²) in [5, 5.41) is 3.30. The lowest BCUT2D eigenvalue weighted by molar-refractivity contribution is -0.122. The van der Waals surface area contributed by atoms with Gasteiger partial charge < -0.3 is 15.8 Å². The third-order valence-corrected chi connectivity index (χ3v) is 8.81. The summed E-state index contributed by atoms with van der Waals surface area (Å²) in [5.74, 6) is -4.65. The van der Waals surface area contributed by atoms with Gasteiger partial charge in [0.2, 0.25) is 5.91 Å². The number of ether oxygens (including phenoxy) is 1. The van der Waals surface area contributed by atoms with Crippen molar-refractivity contribution in [3.05, 3.63) is 111 Å². The minimum atomic E-state index is -1.56. The summed E-state index contributed by atoms with van der Waals surface area (Å²) in [6.45, 7) is 4.70. The van der Waals surface area contributed by atoms with Crippen molar-refractivity contribution in [2.75, 3.05) is 13.7 Å². The summed E-state index contributed by atoms with van der Waals surface area (Å²) in [7, 11) is 1.50. The third kappa shape index (κ3) is 6.23. The van der Waals surface area contributed by atoms with Crippen molar-refractivity contribution in [1.29, 1.82) is 0 Å². The second kappa shape index (κ2) is 12.5. The van der Waals surface area contributed by atoms with E-state index >= 15 is 8.78 Å². The first kappa shape index (κ1) is 31.9. The first-order valence-electron chi connectivity index (χ1n) is 13.8. The lowest BCUT2D eigenvalue weighted by Crippen LogP contribution is -2.37. The second-order valence-corrected chi connectivity index (χ2v) is 12.6. The zero-order valence-corrected chi connectivity index (χ0v) is 26.2. The molecule has 232 valence electrons. The highest BCUT2D eigenvalue weighted by atomic mass is 35.5. The number of nitrogens with one attached hydrogen (secondary N) is 1. The molecule has 1 unspecified atom stereocenters. The van der Waals surface area contributed by atoms with Gasteiger partial charge in [-0.2, -0.15) is 0 Å². The maximum absolute atomic E-state index is 16.1.